The number of hydrogen-bond acceptors (Lipinski definition) is 7. The van der Waals surface area contributed by atoms with E-state index in [2.05, 4.69) is 37.1 Å². The van der Waals surface area contributed by atoms with Gasteiger partial charge in [-0.1, -0.05) is 0 Å². The molecule has 0 amide bonds. The van der Waals surface area contributed by atoms with Gasteiger partial charge in [0.2, 0.25) is 0 Å². The van der Waals surface area contributed by atoms with E-state index in [1.165, 1.54) is 0 Å². The van der Waals surface area contributed by atoms with E-state index in [-0.39, 0.29) is 6.61 Å². The monoisotopic (exact) mass is 451 g/mol. The first-order valence-corrected chi connectivity index (χ1v) is 11.9. The molecule has 0 radical (unpaired) electrons. The molecule has 0 atom stereocenters. The van der Waals surface area contributed by atoms with Gasteiger partial charge in [-0.3, -0.25) is 4.68 Å². The molecule has 4 aromatic rings. The van der Waals surface area contributed by atoms with Crippen molar-refractivity contribution in [2.24, 2.45) is 18.9 Å². The zero-order valence-electron chi connectivity index (χ0n) is 18.9. The standard InChI is InChI=1S/C23H29N7OS/c1-13(2)30-7-5-17(28-30)19-14(3)18-20(25-11-15-9-16(10-15)12-31)26-21(27-23(18)32-19)22-24-6-8-29(22)4/h5-8,13,15-16,31H,9-12H2,1-4H3,(H,25,26,27)/t15-,16-. The molecule has 0 aromatic carbocycles. The maximum atomic E-state index is 9.33. The summed E-state index contributed by atoms with van der Waals surface area (Å²) in [5.74, 6) is 3.23. The van der Waals surface area contributed by atoms with Gasteiger partial charge in [0.1, 0.15) is 16.3 Å². The zero-order valence-corrected chi connectivity index (χ0v) is 19.7. The van der Waals surface area contributed by atoms with Crippen molar-refractivity contribution in [2.45, 2.75) is 39.7 Å². The van der Waals surface area contributed by atoms with E-state index < -0.39 is 0 Å². The van der Waals surface area contributed by atoms with E-state index in [9.17, 15) is 5.11 Å². The first-order chi connectivity index (χ1) is 15.4. The van der Waals surface area contributed by atoms with Gasteiger partial charge in [0, 0.05) is 44.8 Å². The fraction of sp³-hybridized carbons (Fsp3) is 0.478. The highest BCUT2D eigenvalue weighted by Crippen LogP contribution is 2.41. The second-order valence-electron chi connectivity index (χ2n) is 9.04. The Morgan fingerprint density at radius 3 is 2.69 bits per heavy atom. The van der Waals surface area contributed by atoms with Crippen LogP contribution >= 0.6 is 11.3 Å². The molecular weight excluding hydrogens is 422 g/mol. The van der Waals surface area contributed by atoms with E-state index in [1.54, 1.807) is 17.5 Å². The van der Waals surface area contributed by atoms with Gasteiger partial charge in [-0.2, -0.15) is 5.10 Å². The molecule has 0 bridgehead atoms. The van der Waals surface area contributed by atoms with Gasteiger partial charge < -0.3 is 15.0 Å². The van der Waals surface area contributed by atoms with Crippen LogP contribution in [0.1, 0.15) is 38.3 Å². The fourth-order valence-corrected chi connectivity index (χ4v) is 5.52. The third kappa shape index (κ3) is 3.69. The lowest BCUT2D eigenvalue weighted by molar-refractivity contribution is 0.114. The molecule has 0 unspecified atom stereocenters. The normalized spacial score (nSPS) is 18.4. The number of nitrogens with one attached hydrogen (secondary N) is 1. The molecule has 1 fully saturated rings. The third-order valence-corrected chi connectivity index (χ3v) is 7.54. The summed E-state index contributed by atoms with van der Waals surface area (Å²) >= 11 is 1.65. The first kappa shape index (κ1) is 21.1. The summed E-state index contributed by atoms with van der Waals surface area (Å²) in [6, 6.07) is 2.39. The summed E-state index contributed by atoms with van der Waals surface area (Å²) < 4.78 is 3.92. The van der Waals surface area contributed by atoms with Gasteiger partial charge in [-0.15, -0.1) is 11.3 Å². The lowest BCUT2D eigenvalue weighted by atomic mass is 9.75. The Hall–Kier alpha value is -2.78. The summed E-state index contributed by atoms with van der Waals surface area (Å²) in [6.07, 6.45) is 7.82. The van der Waals surface area contributed by atoms with E-state index in [0.717, 1.165) is 57.4 Å². The molecule has 5 rings (SSSR count). The van der Waals surface area contributed by atoms with Crippen molar-refractivity contribution in [1.29, 1.82) is 0 Å². The van der Waals surface area contributed by atoms with Crippen molar-refractivity contribution >= 4 is 27.4 Å². The minimum absolute atomic E-state index is 0.285. The number of thiophene rings is 1. The van der Waals surface area contributed by atoms with Crippen LogP contribution in [0.4, 0.5) is 5.82 Å². The number of aromatic nitrogens is 6. The molecule has 8 nitrogen and oxygen atoms in total. The maximum absolute atomic E-state index is 9.33. The van der Waals surface area contributed by atoms with E-state index >= 15 is 0 Å². The van der Waals surface area contributed by atoms with Crippen LogP contribution in [0, 0.1) is 18.8 Å². The molecule has 0 saturated heterocycles. The lowest BCUT2D eigenvalue weighted by Crippen LogP contribution is -2.31. The Morgan fingerprint density at radius 1 is 1.22 bits per heavy atom. The number of aryl methyl sites for hydroxylation is 2. The number of aliphatic hydroxyl groups is 1. The minimum Gasteiger partial charge on any atom is -0.396 e. The second-order valence-corrected chi connectivity index (χ2v) is 10.0. The highest BCUT2D eigenvalue weighted by Gasteiger charge is 2.29. The van der Waals surface area contributed by atoms with Crippen molar-refractivity contribution in [3.8, 4) is 22.2 Å². The Bertz CT molecular complexity index is 1250. The molecule has 4 heterocycles. The number of hydrogen-bond donors (Lipinski definition) is 2. The third-order valence-electron chi connectivity index (χ3n) is 6.33. The summed E-state index contributed by atoms with van der Waals surface area (Å²) in [4.78, 5) is 16.3. The van der Waals surface area contributed by atoms with Gasteiger partial charge >= 0.3 is 0 Å². The first-order valence-electron chi connectivity index (χ1n) is 11.1. The van der Waals surface area contributed by atoms with Crippen LogP contribution < -0.4 is 5.32 Å². The highest BCUT2D eigenvalue weighted by molar-refractivity contribution is 7.22. The largest absolute Gasteiger partial charge is 0.396 e. The lowest BCUT2D eigenvalue weighted by Gasteiger charge is -2.34. The topological polar surface area (TPSA) is 93.7 Å². The summed E-state index contributed by atoms with van der Waals surface area (Å²) in [5, 5.41) is 18.8. The van der Waals surface area contributed by atoms with E-state index in [1.807, 2.05) is 28.7 Å². The molecular formula is C23H29N7OS. The quantitative estimate of drug-likeness (QED) is 0.436. The zero-order chi connectivity index (χ0) is 22.4. The molecule has 9 heteroatoms. The predicted octanol–water partition coefficient (Wildman–Crippen LogP) is 4.28. The molecule has 1 saturated carbocycles. The average Bonchev–Trinajstić information content (AvgIpc) is 3.45. The van der Waals surface area contributed by atoms with Crippen molar-refractivity contribution in [3.05, 3.63) is 30.2 Å². The van der Waals surface area contributed by atoms with Gasteiger partial charge in [0.25, 0.3) is 0 Å². The van der Waals surface area contributed by atoms with Crippen LogP contribution in [0.25, 0.3) is 32.4 Å². The molecule has 32 heavy (non-hydrogen) atoms. The molecule has 2 N–H and O–H groups in total. The molecule has 4 aromatic heterocycles. The van der Waals surface area contributed by atoms with Crippen molar-refractivity contribution in [1.82, 2.24) is 29.3 Å². The molecule has 0 spiro atoms. The van der Waals surface area contributed by atoms with Crippen molar-refractivity contribution < 1.29 is 5.11 Å². The number of aliphatic hydroxyl groups excluding tert-OH is 1. The van der Waals surface area contributed by atoms with Crippen LogP contribution in [-0.4, -0.2) is 47.6 Å². The van der Waals surface area contributed by atoms with E-state index in [0.29, 0.717) is 23.7 Å². The molecule has 1 aliphatic rings. The van der Waals surface area contributed by atoms with Crippen molar-refractivity contribution in [3.63, 3.8) is 0 Å². The summed E-state index contributed by atoms with van der Waals surface area (Å²) in [5.41, 5.74) is 2.11. The maximum Gasteiger partial charge on any atom is 0.199 e. The number of rotatable bonds is 7. The second kappa shape index (κ2) is 8.29. The average molecular weight is 452 g/mol. The molecule has 0 aliphatic heterocycles. The van der Waals surface area contributed by atoms with Gasteiger partial charge in [0.05, 0.1) is 10.3 Å². The predicted molar refractivity (Wildman–Crippen MR) is 128 cm³/mol. The van der Waals surface area contributed by atoms with Crippen LogP contribution in [0.3, 0.4) is 0 Å². The van der Waals surface area contributed by atoms with Crippen LogP contribution in [0.15, 0.2) is 24.7 Å². The van der Waals surface area contributed by atoms with Crippen LogP contribution in [-0.2, 0) is 7.05 Å². The number of imidazole rings is 1. The Balaban J connectivity index is 1.56. The smallest absolute Gasteiger partial charge is 0.199 e. The van der Waals surface area contributed by atoms with Crippen molar-refractivity contribution in [2.75, 3.05) is 18.5 Å². The summed E-state index contributed by atoms with van der Waals surface area (Å²) in [6.45, 7) is 7.51. The SMILES string of the molecule is Cc1c(-c2ccn(C(C)C)n2)sc2nc(-c3nccn3C)nc(NC[C@H]3C[C@H](CO)C3)c12. The van der Waals surface area contributed by atoms with E-state index in [4.69, 9.17) is 15.1 Å². The van der Waals surface area contributed by atoms with Crippen LogP contribution in [0.5, 0.6) is 0 Å². The number of anilines is 1. The van der Waals surface area contributed by atoms with Gasteiger partial charge in [-0.25, -0.2) is 15.0 Å². The Kier molecular flexibility index (Phi) is 5.46. The number of nitrogens with zero attached hydrogens (tertiary/aromatic N) is 6. The van der Waals surface area contributed by atoms with Gasteiger partial charge in [0.15, 0.2) is 11.6 Å². The summed E-state index contributed by atoms with van der Waals surface area (Å²) in [7, 11) is 1.95. The Morgan fingerprint density at radius 2 is 2.03 bits per heavy atom. The Labute approximate surface area is 191 Å². The minimum atomic E-state index is 0.285. The van der Waals surface area contributed by atoms with Gasteiger partial charge in [-0.05, 0) is 57.1 Å². The van der Waals surface area contributed by atoms with Crippen LogP contribution in [0.2, 0.25) is 0 Å². The fourth-order valence-electron chi connectivity index (χ4n) is 4.37. The molecule has 1 aliphatic carbocycles. The highest BCUT2D eigenvalue weighted by atomic mass is 32.1. The number of fused-ring (bicyclic) bond motifs is 1. The molecule has 168 valence electrons.